The average Bonchev–Trinajstić information content (AvgIpc) is 3.85. The average molecular weight is 623 g/mol. The highest BCUT2D eigenvalue weighted by molar-refractivity contribution is 6.42. The van der Waals surface area contributed by atoms with E-state index in [0.717, 1.165) is 51.3 Å². The smallest absolute Gasteiger partial charge is 0.253 e. The van der Waals surface area contributed by atoms with Crippen molar-refractivity contribution in [3.05, 3.63) is 70.5 Å². The Bertz CT molecular complexity index is 1610. The zero-order valence-corrected chi connectivity index (χ0v) is 24.8. The fourth-order valence-electron chi connectivity index (χ4n) is 4.58. The van der Waals surface area contributed by atoms with Gasteiger partial charge in [-0.1, -0.05) is 29.3 Å². The Morgan fingerprint density at radius 2 is 1.84 bits per heavy atom. The van der Waals surface area contributed by atoms with E-state index in [-0.39, 0.29) is 33.2 Å². The van der Waals surface area contributed by atoms with Crippen molar-refractivity contribution in [2.75, 3.05) is 44.0 Å². The molecule has 43 heavy (non-hydrogen) atoms. The summed E-state index contributed by atoms with van der Waals surface area (Å²) in [6.45, 7) is 4.16. The third-order valence-electron chi connectivity index (χ3n) is 7.03. The van der Waals surface area contributed by atoms with E-state index in [1.807, 2.05) is 18.3 Å². The standard InChI is InChI=1S/C29H29Cl2N9O3/c1-42-22-10-19(29(41)37-18-3-4-18)25(30)27(26(22)31)39-28-20(13-32-15-36-28)21-11-24(35-16-34-21)38-23-5-2-17(12-33-23)14-40-6-8-43-9-7-40/h2,5,10-13,15-16,18H,3-4,6-9,14H2,1H3,(H,37,41)(H,32,36,39)(H,33,34,35,38). The van der Waals surface area contributed by atoms with Gasteiger partial charge in [0.1, 0.15) is 40.9 Å². The van der Waals surface area contributed by atoms with Crippen LogP contribution in [-0.4, -0.2) is 75.2 Å². The van der Waals surface area contributed by atoms with Crippen molar-refractivity contribution in [1.82, 2.24) is 35.1 Å². The van der Waals surface area contributed by atoms with Crippen LogP contribution in [-0.2, 0) is 11.3 Å². The van der Waals surface area contributed by atoms with Gasteiger partial charge in [0.05, 0.1) is 47.9 Å². The maximum atomic E-state index is 12.9. The lowest BCUT2D eigenvalue weighted by Crippen LogP contribution is -2.35. The molecule has 222 valence electrons. The molecule has 0 bridgehead atoms. The first-order valence-electron chi connectivity index (χ1n) is 13.8. The SMILES string of the molecule is COc1cc(C(=O)NC2CC2)c(Cl)c(Nc2ncncc2-c2cc(Nc3ccc(CN4CCOCC4)cn3)ncn2)c1Cl. The molecule has 1 aromatic carbocycles. The molecule has 1 saturated heterocycles. The Balaban J connectivity index is 1.23. The Morgan fingerprint density at radius 1 is 1.00 bits per heavy atom. The summed E-state index contributed by atoms with van der Waals surface area (Å²) in [5, 5.41) is 9.69. The topological polar surface area (TPSA) is 139 Å². The lowest BCUT2D eigenvalue weighted by Gasteiger charge is -2.26. The second-order valence-corrected chi connectivity index (χ2v) is 10.9. The molecule has 3 N–H and O–H groups in total. The highest BCUT2D eigenvalue weighted by Crippen LogP contribution is 2.43. The fraction of sp³-hybridized carbons (Fsp3) is 0.310. The van der Waals surface area contributed by atoms with Crippen LogP contribution in [0.4, 0.5) is 23.1 Å². The minimum Gasteiger partial charge on any atom is -0.495 e. The van der Waals surface area contributed by atoms with Crippen molar-refractivity contribution in [2.24, 2.45) is 0 Å². The molecular formula is C29H29Cl2N9O3. The number of nitrogens with one attached hydrogen (secondary N) is 3. The van der Waals surface area contributed by atoms with E-state index < -0.39 is 0 Å². The minimum atomic E-state index is -0.303. The second-order valence-electron chi connectivity index (χ2n) is 10.1. The molecule has 6 rings (SSSR count). The van der Waals surface area contributed by atoms with Crippen molar-refractivity contribution in [2.45, 2.75) is 25.4 Å². The van der Waals surface area contributed by atoms with E-state index in [1.165, 1.54) is 25.8 Å². The van der Waals surface area contributed by atoms with Gasteiger partial charge in [0.2, 0.25) is 0 Å². The third-order valence-corrected chi connectivity index (χ3v) is 7.80. The number of methoxy groups -OCH3 is 1. The summed E-state index contributed by atoms with van der Waals surface area (Å²) in [5.41, 5.74) is 2.73. The first-order chi connectivity index (χ1) is 21.0. The summed E-state index contributed by atoms with van der Waals surface area (Å²) < 4.78 is 10.9. The molecular weight excluding hydrogens is 593 g/mol. The predicted octanol–water partition coefficient (Wildman–Crippen LogP) is 4.86. The lowest BCUT2D eigenvalue weighted by molar-refractivity contribution is 0.0341. The molecule has 2 aliphatic rings. The Morgan fingerprint density at radius 3 is 2.58 bits per heavy atom. The molecule has 1 saturated carbocycles. The number of amides is 1. The van der Waals surface area contributed by atoms with Crippen LogP contribution in [0.1, 0.15) is 28.8 Å². The number of morpholine rings is 1. The van der Waals surface area contributed by atoms with Gasteiger partial charge in [0.15, 0.2) is 0 Å². The molecule has 4 aromatic rings. The zero-order chi connectivity index (χ0) is 29.8. The number of carbonyl (C=O) groups is 1. The molecule has 4 heterocycles. The molecule has 0 spiro atoms. The second kappa shape index (κ2) is 13.0. The van der Waals surface area contributed by atoms with Crippen LogP contribution in [0.25, 0.3) is 11.3 Å². The molecule has 0 unspecified atom stereocenters. The molecule has 14 heteroatoms. The maximum Gasteiger partial charge on any atom is 0.253 e. The lowest BCUT2D eigenvalue weighted by atomic mass is 10.1. The molecule has 0 radical (unpaired) electrons. The first-order valence-corrected chi connectivity index (χ1v) is 14.5. The van der Waals surface area contributed by atoms with E-state index in [0.29, 0.717) is 34.5 Å². The zero-order valence-electron chi connectivity index (χ0n) is 23.3. The van der Waals surface area contributed by atoms with Gasteiger partial charge in [0, 0.05) is 44.1 Å². The predicted molar refractivity (Wildman–Crippen MR) is 163 cm³/mol. The van der Waals surface area contributed by atoms with Crippen LogP contribution in [0.3, 0.4) is 0 Å². The number of hydrogen-bond donors (Lipinski definition) is 3. The Labute approximate surface area is 258 Å². The number of anilines is 4. The van der Waals surface area contributed by atoms with Crippen LogP contribution < -0.4 is 20.7 Å². The van der Waals surface area contributed by atoms with E-state index >= 15 is 0 Å². The van der Waals surface area contributed by atoms with Crippen LogP contribution in [0.5, 0.6) is 5.75 Å². The van der Waals surface area contributed by atoms with Crippen molar-refractivity contribution in [3.63, 3.8) is 0 Å². The van der Waals surface area contributed by atoms with Gasteiger partial charge < -0.3 is 25.4 Å². The number of aromatic nitrogens is 5. The summed E-state index contributed by atoms with van der Waals surface area (Å²) in [4.78, 5) is 37.2. The normalized spacial score (nSPS) is 15.1. The number of ether oxygens (including phenoxy) is 2. The molecule has 1 aliphatic carbocycles. The van der Waals surface area contributed by atoms with E-state index in [1.54, 1.807) is 12.3 Å². The monoisotopic (exact) mass is 621 g/mol. The van der Waals surface area contributed by atoms with E-state index in [2.05, 4.69) is 45.8 Å². The molecule has 12 nitrogen and oxygen atoms in total. The van der Waals surface area contributed by atoms with Gasteiger partial charge >= 0.3 is 0 Å². The van der Waals surface area contributed by atoms with Crippen molar-refractivity contribution in [1.29, 1.82) is 0 Å². The Hall–Kier alpha value is -4.10. The van der Waals surface area contributed by atoms with Gasteiger partial charge in [0.25, 0.3) is 5.91 Å². The molecule has 1 aliphatic heterocycles. The quantitative estimate of drug-likeness (QED) is 0.224. The fourth-order valence-corrected chi connectivity index (χ4v) is 5.18. The number of hydrogen-bond acceptors (Lipinski definition) is 11. The summed E-state index contributed by atoms with van der Waals surface area (Å²) >= 11 is 13.4. The highest BCUT2D eigenvalue weighted by atomic mass is 35.5. The number of pyridine rings is 1. The maximum absolute atomic E-state index is 12.9. The number of rotatable bonds is 10. The van der Waals surface area contributed by atoms with Crippen LogP contribution >= 0.6 is 23.2 Å². The largest absolute Gasteiger partial charge is 0.495 e. The summed E-state index contributed by atoms with van der Waals surface area (Å²) in [7, 11) is 1.47. The van der Waals surface area contributed by atoms with Gasteiger partial charge in [-0.2, -0.15) is 0 Å². The van der Waals surface area contributed by atoms with Crippen molar-refractivity contribution >= 4 is 52.3 Å². The van der Waals surface area contributed by atoms with Crippen molar-refractivity contribution in [3.8, 4) is 17.0 Å². The number of halogens is 2. The van der Waals surface area contributed by atoms with Crippen molar-refractivity contribution < 1.29 is 14.3 Å². The van der Waals surface area contributed by atoms with E-state index in [9.17, 15) is 4.79 Å². The van der Waals surface area contributed by atoms with E-state index in [4.69, 9.17) is 32.7 Å². The van der Waals surface area contributed by atoms with Gasteiger partial charge in [-0.15, -0.1) is 0 Å². The third kappa shape index (κ3) is 6.94. The van der Waals surface area contributed by atoms with Crippen LogP contribution in [0, 0.1) is 0 Å². The number of nitrogens with zero attached hydrogens (tertiary/aromatic N) is 6. The summed E-state index contributed by atoms with van der Waals surface area (Å²) in [6.07, 6.45) is 8.17. The summed E-state index contributed by atoms with van der Waals surface area (Å²) in [5.74, 6) is 1.54. The van der Waals surface area contributed by atoms with Gasteiger partial charge in [-0.05, 0) is 30.5 Å². The van der Waals surface area contributed by atoms with Gasteiger partial charge in [-0.3, -0.25) is 9.69 Å². The molecule has 2 fully saturated rings. The van der Waals surface area contributed by atoms with Gasteiger partial charge in [-0.25, -0.2) is 24.9 Å². The van der Waals surface area contributed by atoms with Crippen LogP contribution in [0.2, 0.25) is 10.0 Å². The number of carbonyl (C=O) groups excluding carboxylic acids is 1. The Kier molecular flexibility index (Phi) is 8.79. The number of benzene rings is 1. The minimum absolute atomic E-state index is 0.140. The van der Waals surface area contributed by atoms with Crippen LogP contribution in [0.15, 0.2) is 49.3 Å². The highest BCUT2D eigenvalue weighted by Gasteiger charge is 2.27. The molecule has 3 aromatic heterocycles. The molecule has 1 amide bonds. The summed E-state index contributed by atoms with van der Waals surface area (Å²) in [6, 6.07) is 7.40. The molecule has 0 atom stereocenters. The first kappa shape index (κ1) is 29.0.